The van der Waals surface area contributed by atoms with Crippen molar-refractivity contribution < 1.29 is 23.5 Å². The molecular weight excluding hydrogens is 482 g/mol. The van der Waals surface area contributed by atoms with E-state index < -0.39 is 18.5 Å². The zero-order valence-electron chi connectivity index (χ0n) is 22.2. The maximum atomic E-state index is 13.4. The second-order valence-electron chi connectivity index (χ2n) is 10.1. The van der Waals surface area contributed by atoms with Gasteiger partial charge in [0.25, 0.3) is 5.91 Å². The molecule has 4 rings (SSSR count). The molecule has 0 unspecified atom stereocenters. The van der Waals surface area contributed by atoms with Crippen molar-refractivity contribution in [2.45, 2.75) is 40.0 Å². The molecule has 38 heavy (non-hydrogen) atoms. The minimum atomic E-state index is -0.466. The average Bonchev–Trinajstić information content (AvgIpc) is 2.88. The molecule has 0 saturated carbocycles. The van der Waals surface area contributed by atoms with Crippen LogP contribution in [0.3, 0.4) is 0 Å². The van der Waals surface area contributed by atoms with E-state index in [1.165, 1.54) is 0 Å². The Kier molecular flexibility index (Phi) is 7.67. The Labute approximate surface area is 221 Å². The van der Waals surface area contributed by atoms with E-state index in [1.54, 1.807) is 43.3 Å². The van der Waals surface area contributed by atoms with Gasteiger partial charge in [0.15, 0.2) is 12.4 Å². The van der Waals surface area contributed by atoms with Crippen LogP contribution in [0.5, 0.6) is 5.75 Å². The van der Waals surface area contributed by atoms with Gasteiger partial charge in [-0.2, -0.15) is 0 Å². The first-order valence-electron chi connectivity index (χ1n) is 12.4. The summed E-state index contributed by atoms with van der Waals surface area (Å²) in [6.07, 6.45) is 0. The molecule has 1 N–H and O–H groups in total. The molecule has 0 saturated heterocycles. The molecule has 196 valence electrons. The van der Waals surface area contributed by atoms with Crippen molar-refractivity contribution in [1.29, 1.82) is 0 Å². The van der Waals surface area contributed by atoms with E-state index in [4.69, 9.17) is 13.9 Å². The fraction of sp³-hybridized carbons (Fsp3) is 0.258. The van der Waals surface area contributed by atoms with Crippen LogP contribution in [0.4, 0.5) is 5.69 Å². The normalized spacial score (nSPS) is 11.3. The third-order valence-corrected chi connectivity index (χ3v) is 6.05. The molecule has 0 aliphatic rings. The molecule has 0 atom stereocenters. The van der Waals surface area contributed by atoms with Gasteiger partial charge in [-0.15, -0.1) is 0 Å². The molecule has 1 amide bonds. The molecule has 0 aliphatic carbocycles. The van der Waals surface area contributed by atoms with Crippen molar-refractivity contribution >= 4 is 28.5 Å². The number of hydrogen-bond donors (Lipinski definition) is 1. The highest BCUT2D eigenvalue weighted by Crippen LogP contribution is 2.33. The van der Waals surface area contributed by atoms with Gasteiger partial charge in [0.2, 0.25) is 11.2 Å². The zero-order chi connectivity index (χ0) is 27.4. The van der Waals surface area contributed by atoms with Gasteiger partial charge in [-0.3, -0.25) is 9.59 Å². The maximum absolute atomic E-state index is 13.4. The van der Waals surface area contributed by atoms with Crippen LogP contribution in [0.15, 0.2) is 75.9 Å². The van der Waals surface area contributed by atoms with E-state index in [0.717, 1.165) is 11.1 Å². The van der Waals surface area contributed by atoms with Crippen molar-refractivity contribution in [3.8, 4) is 17.1 Å². The lowest BCUT2D eigenvalue weighted by molar-refractivity contribution is -0.118. The van der Waals surface area contributed by atoms with Gasteiger partial charge in [-0.25, -0.2) is 4.79 Å². The Morgan fingerprint density at radius 2 is 1.63 bits per heavy atom. The lowest BCUT2D eigenvalue weighted by atomic mass is 9.86. The summed E-state index contributed by atoms with van der Waals surface area (Å²) < 4.78 is 16.9. The monoisotopic (exact) mass is 513 g/mol. The van der Waals surface area contributed by atoms with E-state index in [0.29, 0.717) is 27.8 Å². The lowest BCUT2D eigenvalue weighted by Crippen LogP contribution is -2.22. The molecule has 4 aromatic rings. The van der Waals surface area contributed by atoms with E-state index in [9.17, 15) is 14.4 Å². The molecule has 0 radical (unpaired) electrons. The van der Waals surface area contributed by atoms with Gasteiger partial charge in [-0.05, 0) is 66.8 Å². The van der Waals surface area contributed by atoms with Gasteiger partial charge in [0.05, 0.1) is 17.6 Å². The molecule has 0 aliphatic heterocycles. The maximum Gasteiger partial charge on any atom is 0.338 e. The van der Waals surface area contributed by atoms with Crippen molar-refractivity contribution in [3.05, 3.63) is 93.6 Å². The molecule has 0 spiro atoms. The van der Waals surface area contributed by atoms with Crippen molar-refractivity contribution in [2.24, 2.45) is 0 Å². The number of amides is 1. The van der Waals surface area contributed by atoms with E-state index in [-0.39, 0.29) is 29.0 Å². The lowest BCUT2D eigenvalue weighted by Gasteiger charge is -2.19. The Morgan fingerprint density at radius 3 is 2.26 bits per heavy atom. The molecule has 1 heterocycles. The minimum Gasteiger partial charge on any atom is -0.476 e. The van der Waals surface area contributed by atoms with Crippen molar-refractivity contribution in [2.75, 3.05) is 18.5 Å². The first kappa shape index (κ1) is 26.7. The van der Waals surface area contributed by atoms with Crippen LogP contribution in [0.1, 0.15) is 49.2 Å². The molecule has 0 fully saturated rings. The second-order valence-corrected chi connectivity index (χ2v) is 10.1. The minimum absolute atomic E-state index is 0.0299. The summed E-state index contributed by atoms with van der Waals surface area (Å²) in [5, 5.41) is 3.08. The standard InChI is InChI=1S/C31H31NO6/c1-6-36-30(35)21-10-14-23(15-11-21)32-26(33)18-37-29-27(34)24-16-7-19(2)17-25(24)38-28(29)20-8-12-22(13-9-20)31(3,4)5/h7-17H,6,18H2,1-5H3,(H,32,33). The van der Waals surface area contributed by atoms with Gasteiger partial charge < -0.3 is 19.2 Å². The summed E-state index contributed by atoms with van der Waals surface area (Å²) in [7, 11) is 0. The fourth-order valence-corrected chi connectivity index (χ4v) is 3.96. The summed E-state index contributed by atoms with van der Waals surface area (Å²) in [5.74, 6) is -0.667. The predicted octanol–water partition coefficient (Wildman–Crippen LogP) is 6.26. The van der Waals surface area contributed by atoms with E-state index in [2.05, 4.69) is 26.1 Å². The smallest absolute Gasteiger partial charge is 0.338 e. The quantitative estimate of drug-likeness (QED) is 0.293. The number of fused-ring (bicyclic) bond motifs is 1. The number of carbonyl (C=O) groups excluding carboxylic acids is 2. The zero-order valence-corrected chi connectivity index (χ0v) is 22.2. The summed E-state index contributed by atoms with van der Waals surface area (Å²) >= 11 is 0. The Balaban J connectivity index is 1.60. The second kappa shape index (κ2) is 10.9. The number of nitrogens with one attached hydrogen (secondary N) is 1. The van der Waals surface area contributed by atoms with Crippen LogP contribution < -0.4 is 15.5 Å². The highest BCUT2D eigenvalue weighted by atomic mass is 16.5. The van der Waals surface area contributed by atoms with Crippen LogP contribution in [0.2, 0.25) is 0 Å². The number of esters is 1. The highest BCUT2D eigenvalue weighted by Gasteiger charge is 2.20. The summed E-state index contributed by atoms with van der Waals surface area (Å²) in [5.41, 5.74) is 3.68. The van der Waals surface area contributed by atoms with E-state index >= 15 is 0 Å². The third-order valence-electron chi connectivity index (χ3n) is 6.05. The summed E-state index contributed by atoms with van der Waals surface area (Å²) in [6, 6.07) is 19.4. The fourth-order valence-electron chi connectivity index (χ4n) is 3.96. The van der Waals surface area contributed by atoms with Gasteiger partial charge in [0.1, 0.15) is 5.58 Å². The van der Waals surface area contributed by atoms with Crippen molar-refractivity contribution in [3.63, 3.8) is 0 Å². The number of hydrogen-bond acceptors (Lipinski definition) is 6. The first-order valence-corrected chi connectivity index (χ1v) is 12.4. The average molecular weight is 514 g/mol. The predicted molar refractivity (Wildman–Crippen MR) is 148 cm³/mol. The Morgan fingerprint density at radius 1 is 0.947 bits per heavy atom. The molecule has 3 aromatic carbocycles. The topological polar surface area (TPSA) is 94.8 Å². The van der Waals surface area contributed by atoms with E-state index in [1.807, 2.05) is 37.3 Å². The Bertz CT molecular complexity index is 1530. The molecule has 7 nitrogen and oxygen atoms in total. The van der Waals surface area contributed by atoms with Gasteiger partial charge >= 0.3 is 5.97 Å². The number of carbonyl (C=O) groups is 2. The number of ether oxygens (including phenoxy) is 2. The number of benzene rings is 3. The van der Waals surface area contributed by atoms with Gasteiger partial charge in [-0.1, -0.05) is 51.1 Å². The Hall–Kier alpha value is -4.39. The van der Waals surface area contributed by atoms with Crippen LogP contribution in [0, 0.1) is 6.92 Å². The van der Waals surface area contributed by atoms with Crippen LogP contribution in [0.25, 0.3) is 22.3 Å². The molecular formula is C31H31NO6. The molecule has 1 aromatic heterocycles. The SMILES string of the molecule is CCOC(=O)c1ccc(NC(=O)COc2c(-c3ccc(C(C)(C)C)cc3)oc3cc(C)ccc3c2=O)cc1. The molecule has 7 heteroatoms. The third kappa shape index (κ3) is 5.94. The number of anilines is 1. The number of aryl methyl sites for hydroxylation is 1. The largest absolute Gasteiger partial charge is 0.476 e. The first-order chi connectivity index (χ1) is 18.1. The highest BCUT2D eigenvalue weighted by molar-refractivity contribution is 5.94. The van der Waals surface area contributed by atoms with Gasteiger partial charge in [0, 0.05) is 11.3 Å². The summed E-state index contributed by atoms with van der Waals surface area (Å²) in [4.78, 5) is 37.9. The van der Waals surface area contributed by atoms with Crippen LogP contribution >= 0.6 is 0 Å². The van der Waals surface area contributed by atoms with Crippen molar-refractivity contribution in [1.82, 2.24) is 0 Å². The van der Waals surface area contributed by atoms with Crippen LogP contribution in [-0.4, -0.2) is 25.1 Å². The molecule has 0 bridgehead atoms. The van der Waals surface area contributed by atoms with Crippen LogP contribution in [-0.2, 0) is 14.9 Å². The summed E-state index contributed by atoms with van der Waals surface area (Å²) in [6.45, 7) is 9.89. The number of rotatable bonds is 7.